The van der Waals surface area contributed by atoms with E-state index in [2.05, 4.69) is 5.32 Å². The number of pyridine rings is 1. The number of nitrogens with one attached hydrogen (secondary N) is 1. The summed E-state index contributed by atoms with van der Waals surface area (Å²) in [5.74, 6) is -0.753. The van der Waals surface area contributed by atoms with Crippen LogP contribution in [0.4, 0.5) is 4.39 Å². The highest BCUT2D eigenvalue weighted by molar-refractivity contribution is 5.92. The van der Waals surface area contributed by atoms with Crippen LogP contribution in [0.15, 0.2) is 47.3 Å². The molecule has 2 aromatic rings. The Morgan fingerprint density at radius 3 is 2.57 bits per heavy atom. The SMILES string of the molecule is CC(CC(O)c1ccc(F)cc1)NC(=O)c1cccc(=O)n1C. The van der Waals surface area contributed by atoms with Crippen LogP contribution >= 0.6 is 0 Å². The van der Waals surface area contributed by atoms with Gasteiger partial charge in [0.2, 0.25) is 0 Å². The number of halogens is 1. The number of aliphatic hydroxyl groups is 1. The minimum absolute atomic E-state index is 0.251. The average Bonchev–Trinajstić information content (AvgIpc) is 2.50. The second kappa shape index (κ2) is 7.19. The van der Waals surface area contributed by atoms with Crippen molar-refractivity contribution >= 4 is 5.91 Å². The molecule has 2 N–H and O–H groups in total. The second-order valence-corrected chi connectivity index (χ2v) is 5.49. The molecule has 0 radical (unpaired) electrons. The van der Waals surface area contributed by atoms with Crippen molar-refractivity contribution in [2.45, 2.75) is 25.5 Å². The zero-order valence-electron chi connectivity index (χ0n) is 13.0. The normalized spacial score (nSPS) is 13.4. The third-order valence-electron chi connectivity index (χ3n) is 3.63. The maximum Gasteiger partial charge on any atom is 0.268 e. The quantitative estimate of drug-likeness (QED) is 0.882. The topological polar surface area (TPSA) is 71.3 Å². The van der Waals surface area contributed by atoms with Gasteiger partial charge in [-0.15, -0.1) is 0 Å². The molecule has 1 aromatic heterocycles. The van der Waals surface area contributed by atoms with Crippen molar-refractivity contribution in [3.05, 3.63) is 69.9 Å². The summed E-state index contributed by atoms with van der Waals surface area (Å²) in [6, 6.07) is 9.71. The molecule has 1 amide bonds. The number of benzene rings is 1. The van der Waals surface area contributed by atoms with Crippen molar-refractivity contribution in [2.24, 2.45) is 7.05 Å². The van der Waals surface area contributed by atoms with Gasteiger partial charge in [-0.2, -0.15) is 0 Å². The summed E-state index contributed by atoms with van der Waals surface area (Å²) in [6.07, 6.45) is -0.538. The number of amides is 1. The third-order valence-corrected chi connectivity index (χ3v) is 3.63. The van der Waals surface area contributed by atoms with E-state index >= 15 is 0 Å². The van der Waals surface area contributed by atoms with Gasteiger partial charge in [-0.25, -0.2) is 4.39 Å². The summed E-state index contributed by atoms with van der Waals surface area (Å²) in [7, 11) is 1.52. The first kappa shape index (κ1) is 16.9. The van der Waals surface area contributed by atoms with Gasteiger partial charge in [0.1, 0.15) is 11.5 Å². The van der Waals surface area contributed by atoms with Crippen LogP contribution in [0.2, 0.25) is 0 Å². The highest BCUT2D eigenvalue weighted by Gasteiger charge is 2.16. The molecule has 1 heterocycles. The van der Waals surface area contributed by atoms with E-state index < -0.39 is 6.10 Å². The first-order valence-electron chi connectivity index (χ1n) is 7.29. The van der Waals surface area contributed by atoms with Gasteiger partial charge in [0.15, 0.2) is 0 Å². The third kappa shape index (κ3) is 4.26. The molecule has 2 unspecified atom stereocenters. The summed E-state index contributed by atoms with van der Waals surface area (Å²) < 4.78 is 14.1. The van der Waals surface area contributed by atoms with Gasteiger partial charge in [0, 0.05) is 19.2 Å². The molecule has 0 bridgehead atoms. The number of rotatable bonds is 5. The van der Waals surface area contributed by atoms with Gasteiger partial charge >= 0.3 is 0 Å². The highest BCUT2D eigenvalue weighted by Crippen LogP contribution is 2.18. The molecule has 0 spiro atoms. The van der Waals surface area contributed by atoms with Gasteiger partial charge in [0.25, 0.3) is 11.5 Å². The highest BCUT2D eigenvalue weighted by atomic mass is 19.1. The molecule has 1 aromatic carbocycles. The van der Waals surface area contributed by atoms with Gasteiger partial charge in [-0.3, -0.25) is 9.59 Å². The zero-order valence-corrected chi connectivity index (χ0v) is 13.0. The number of hydrogen-bond acceptors (Lipinski definition) is 3. The second-order valence-electron chi connectivity index (χ2n) is 5.49. The van der Waals surface area contributed by atoms with Crippen LogP contribution in [0, 0.1) is 5.82 Å². The van der Waals surface area contributed by atoms with E-state index in [4.69, 9.17) is 0 Å². The fourth-order valence-corrected chi connectivity index (χ4v) is 2.30. The van der Waals surface area contributed by atoms with Gasteiger partial charge < -0.3 is 15.0 Å². The van der Waals surface area contributed by atoms with Crippen LogP contribution in [0.25, 0.3) is 0 Å². The number of aromatic nitrogens is 1. The van der Waals surface area contributed by atoms with E-state index in [1.54, 1.807) is 13.0 Å². The Hall–Kier alpha value is -2.47. The van der Waals surface area contributed by atoms with Crippen molar-refractivity contribution in [3.8, 4) is 0 Å². The molecule has 0 saturated heterocycles. The standard InChI is InChI=1S/C17H19FN2O3/c1-11(10-15(21)12-6-8-13(18)9-7-12)19-17(23)14-4-3-5-16(22)20(14)2/h3-9,11,15,21H,10H2,1-2H3,(H,19,23). The first-order valence-corrected chi connectivity index (χ1v) is 7.29. The number of aliphatic hydroxyl groups excluding tert-OH is 1. The first-order chi connectivity index (χ1) is 10.9. The van der Waals surface area contributed by atoms with Crippen LogP contribution in [-0.4, -0.2) is 21.6 Å². The maximum atomic E-state index is 12.9. The van der Waals surface area contributed by atoms with Crippen LogP contribution in [0.5, 0.6) is 0 Å². The monoisotopic (exact) mass is 318 g/mol. The van der Waals surface area contributed by atoms with Crippen LogP contribution < -0.4 is 10.9 Å². The van der Waals surface area contributed by atoms with Crippen molar-refractivity contribution < 1.29 is 14.3 Å². The van der Waals surface area contributed by atoms with Gasteiger partial charge in [-0.1, -0.05) is 18.2 Å². The van der Waals surface area contributed by atoms with E-state index in [-0.39, 0.29) is 35.4 Å². The molecular weight excluding hydrogens is 299 g/mol. The molecule has 23 heavy (non-hydrogen) atoms. The average molecular weight is 318 g/mol. The Balaban J connectivity index is 2.00. The summed E-state index contributed by atoms with van der Waals surface area (Å²) in [5.41, 5.74) is 0.567. The van der Waals surface area contributed by atoms with E-state index in [1.165, 1.54) is 48.0 Å². The fourth-order valence-electron chi connectivity index (χ4n) is 2.30. The Morgan fingerprint density at radius 2 is 1.91 bits per heavy atom. The molecule has 122 valence electrons. The maximum absolute atomic E-state index is 12.9. The molecule has 6 heteroatoms. The molecule has 0 fully saturated rings. The lowest BCUT2D eigenvalue weighted by Crippen LogP contribution is -2.36. The summed E-state index contributed by atoms with van der Waals surface area (Å²) in [6.45, 7) is 1.76. The number of carbonyl (C=O) groups is 1. The number of carbonyl (C=O) groups excluding carboxylic acids is 1. The van der Waals surface area contributed by atoms with Crippen LogP contribution in [-0.2, 0) is 7.05 Å². The minimum Gasteiger partial charge on any atom is -0.388 e. The molecule has 0 aliphatic rings. The van der Waals surface area contributed by atoms with Gasteiger partial charge in [0.05, 0.1) is 6.10 Å². The fraction of sp³-hybridized carbons (Fsp3) is 0.294. The molecule has 0 aliphatic carbocycles. The van der Waals surface area contributed by atoms with Crippen molar-refractivity contribution in [1.82, 2.24) is 9.88 Å². The van der Waals surface area contributed by atoms with Crippen molar-refractivity contribution in [3.63, 3.8) is 0 Å². The van der Waals surface area contributed by atoms with E-state index in [9.17, 15) is 19.1 Å². The summed E-state index contributed by atoms with van der Waals surface area (Å²) in [5, 5.41) is 12.9. The van der Waals surface area contributed by atoms with Crippen molar-refractivity contribution in [1.29, 1.82) is 0 Å². The smallest absolute Gasteiger partial charge is 0.268 e. The summed E-state index contributed by atoms with van der Waals surface area (Å²) in [4.78, 5) is 23.7. The van der Waals surface area contributed by atoms with E-state index in [0.717, 1.165) is 0 Å². The largest absolute Gasteiger partial charge is 0.388 e. The molecule has 2 atom stereocenters. The van der Waals surface area contributed by atoms with Crippen LogP contribution in [0.1, 0.15) is 35.5 Å². The number of nitrogens with zero attached hydrogens (tertiary/aromatic N) is 1. The molecule has 2 rings (SSSR count). The molecule has 0 saturated carbocycles. The summed E-state index contributed by atoms with van der Waals surface area (Å²) >= 11 is 0. The predicted octanol–water partition coefficient (Wildman–Crippen LogP) is 1.77. The lowest BCUT2D eigenvalue weighted by molar-refractivity contribution is 0.0907. The zero-order chi connectivity index (χ0) is 17.0. The molecule has 0 aliphatic heterocycles. The van der Waals surface area contributed by atoms with Crippen LogP contribution in [0.3, 0.4) is 0 Å². The number of hydrogen-bond donors (Lipinski definition) is 2. The Morgan fingerprint density at radius 1 is 1.26 bits per heavy atom. The van der Waals surface area contributed by atoms with E-state index in [1.807, 2.05) is 0 Å². The molecule has 5 nitrogen and oxygen atoms in total. The van der Waals surface area contributed by atoms with Gasteiger partial charge in [-0.05, 0) is 37.1 Å². The van der Waals surface area contributed by atoms with E-state index in [0.29, 0.717) is 5.56 Å². The minimum atomic E-state index is -0.814. The van der Waals surface area contributed by atoms with Crippen molar-refractivity contribution in [2.75, 3.05) is 0 Å². The lowest BCUT2D eigenvalue weighted by atomic mass is 10.0. The Bertz CT molecular complexity index is 740. The Labute approximate surface area is 133 Å². The Kier molecular flexibility index (Phi) is 5.28. The predicted molar refractivity (Wildman–Crippen MR) is 84.6 cm³/mol. The molecular formula is C17H19FN2O3. The lowest BCUT2D eigenvalue weighted by Gasteiger charge is -2.19.